The topological polar surface area (TPSA) is 112 Å². The Bertz CT molecular complexity index is 1130. The van der Waals surface area contributed by atoms with E-state index < -0.39 is 5.82 Å². The van der Waals surface area contributed by atoms with Gasteiger partial charge in [0.15, 0.2) is 17.9 Å². The van der Waals surface area contributed by atoms with Crippen LogP contribution in [-0.2, 0) is 9.53 Å². The molecule has 1 aliphatic heterocycles. The number of aldehydes is 1. The highest BCUT2D eigenvalue weighted by molar-refractivity contribution is 6.14. The van der Waals surface area contributed by atoms with Crippen molar-refractivity contribution < 1.29 is 19.0 Å². The van der Waals surface area contributed by atoms with Crippen LogP contribution in [0.4, 0.5) is 38.9 Å². The summed E-state index contributed by atoms with van der Waals surface area (Å²) in [5, 5.41) is 15.5. The molecule has 3 aromatic rings. The lowest BCUT2D eigenvalue weighted by Crippen LogP contribution is -2.36. The standard InChI is InChI=1S/C22H21FN6O3/c23-17-14-25-22(28-21(17)26-15-3-1-4-16(31)13-15)27-18-5-2-6-19(20(18)24-7-10-30)29-8-11-32-12-9-29/h1-7,10,13-14,31H,8-9,11-12H2,(H2,25,26,27,28). The lowest BCUT2D eigenvalue weighted by molar-refractivity contribution is -0.102. The minimum Gasteiger partial charge on any atom is -0.508 e. The van der Waals surface area contributed by atoms with Crippen LogP contribution in [0, 0.1) is 5.82 Å². The summed E-state index contributed by atoms with van der Waals surface area (Å²) < 4.78 is 19.7. The molecule has 1 aromatic heterocycles. The maximum absolute atomic E-state index is 14.3. The van der Waals surface area contributed by atoms with E-state index in [9.17, 15) is 14.3 Å². The fourth-order valence-corrected chi connectivity index (χ4v) is 3.29. The first kappa shape index (κ1) is 21.2. The summed E-state index contributed by atoms with van der Waals surface area (Å²) in [6.45, 7) is 2.58. The van der Waals surface area contributed by atoms with Gasteiger partial charge in [0.25, 0.3) is 0 Å². The second-order valence-electron chi connectivity index (χ2n) is 6.88. The van der Waals surface area contributed by atoms with E-state index in [1.165, 1.54) is 18.3 Å². The fourth-order valence-electron chi connectivity index (χ4n) is 3.29. The Labute approximate surface area is 183 Å². The number of phenolic OH excluding ortho intramolecular Hbond substituents is 1. The maximum atomic E-state index is 14.3. The molecule has 1 saturated heterocycles. The number of carbonyl (C=O) groups is 1. The lowest BCUT2D eigenvalue weighted by atomic mass is 10.2. The molecule has 2 heterocycles. The van der Waals surface area contributed by atoms with Crippen LogP contribution in [0.3, 0.4) is 0 Å². The van der Waals surface area contributed by atoms with Crippen LogP contribution in [-0.4, -0.2) is 53.9 Å². The first-order valence-corrected chi connectivity index (χ1v) is 9.93. The highest BCUT2D eigenvalue weighted by Crippen LogP contribution is 2.37. The van der Waals surface area contributed by atoms with Crippen molar-refractivity contribution in [3.63, 3.8) is 0 Å². The smallest absolute Gasteiger partial charge is 0.229 e. The molecule has 0 atom stereocenters. The van der Waals surface area contributed by atoms with Crippen LogP contribution < -0.4 is 15.5 Å². The number of carbonyl (C=O) groups excluding carboxylic acids is 1. The van der Waals surface area contributed by atoms with Crippen LogP contribution in [0.5, 0.6) is 5.75 Å². The minimum absolute atomic E-state index is 0.0421. The monoisotopic (exact) mass is 436 g/mol. The van der Waals surface area contributed by atoms with Gasteiger partial charge in [-0.1, -0.05) is 12.1 Å². The number of nitrogens with zero attached hydrogens (tertiary/aromatic N) is 4. The molecule has 0 radical (unpaired) electrons. The van der Waals surface area contributed by atoms with Gasteiger partial charge in [-0.25, -0.2) is 14.4 Å². The number of aromatic nitrogens is 2. The number of hydrogen-bond donors (Lipinski definition) is 3. The lowest BCUT2D eigenvalue weighted by Gasteiger charge is -2.30. The molecule has 1 aliphatic rings. The first-order chi connectivity index (χ1) is 15.6. The van der Waals surface area contributed by atoms with Gasteiger partial charge in [-0.3, -0.25) is 4.79 Å². The van der Waals surface area contributed by atoms with Crippen molar-refractivity contribution in [1.82, 2.24) is 9.97 Å². The van der Waals surface area contributed by atoms with Gasteiger partial charge in [-0.05, 0) is 24.3 Å². The summed E-state index contributed by atoms with van der Waals surface area (Å²) in [4.78, 5) is 25.6. The first-order valence-electron chi connectivity index (χ1n) is 9.93. The Balaban J connectivity index is 1.64. The molecule has 0 bridgehead atoms. The summed E-state index contributed by atoms with van der Waals surface area (Å²) >= 11 is 0. The van der Waals surface area contributed by atoms with Crippen molar-refractivity contribution in [3.8, 4) is 5.75 Å². The molecule has 1 fully saturated rings. The van der Waals surface area contributed by atoms with Crippen LogP contribution >= 0.6 is 0 Å². The number of phenols is 1. The van der Waals surface area contributed by atoms with Gasteiger partial charge in [-0.15, -0.1) is 0 Å². The van der Waals surface area contributed by atoms with Crippen LogP contribution in [0.15, 0.2) is 53.7 Å². The van der Waals surface area contributed by atoms with Crippen molar-refractivity contribution in [3.05, 3.63) is 54.5 Å². The van der Waals surface area contributed by atoms with Crippen molar-refractivity contribution in [2.75, 3.05) is 41.8 Å². The van der Waals surface area contributed by atoms with E-state index in [2.05, 4.69) is 30.5 Å². The van der Waals surface area contributed by atoms with Crippen molar-refractivity contribution in [2.24, 2.45) is 4.99 Å². The third-order valence-electron chi connectivity index (χ3n) is 4.73. The number of anilines is 5. The van der Waals surface area contributed by atoms with Crippen LogP contribution in [0.2, 0.25) is 0 Å². The normalized spacial score (nSPS) is 13.8. The Hall–Kier alpha value is -4.05. The van der Waals surface area contributed by atoms with Crippen molar-refractivity contribution >= 4 is 47.0 Å². The summed E-state index contributed by atoms with van der Waals surface area (Å²) in [6, 6.07) is 11.8. The summed E-state index contributed by atoms with van der Waals surface area (Å²) in [6.07, 6.45) is 2.82. The third kappa shape index (κ3) is 4.98. The predicted molar refractivity (Wildman–Crippen MR) is 120 cm³/mol. The number of hydrogen-bond acceptors (Lipinski definition) is 9. The highest BCUT2D eigenvalue weighted by Gasteiger charge is 2.18. The minimum atomic E-state index is -0.653. The second kappa shape index (κ2) is 9.84. The van der Waals surface area contributed by atoms with E-state index in [4.69, 9.17) is 4.74 Å². The van der Waals surface area contributed by atoms with Crippen LogP contribution in [0.25, 0.3) is 0 Å². The average molecular weight is 436 g/mol. The zero-order valence-corrected chi connectivity index (χ0v) is 17.0. The van der Waals surface area contributed by atoms with Gasteiger partial charge in [0.1, 0.15) is 11.4 Å². The largest absolute Gasteiger partial charge is 0.508 e. The number of benzene rings is 2. The fraction of sp³-hybridized carbons (Fsp3) is 0.182. The molecule has 0 aliphatic carbocycles. The molecule has 0 amide bonds. The molecule has 0 unspecified atom stereocenters. The van der Waals surface area contributed by atoms with Gasteiger partial charge in [0, 0.05) is 24.8 Å². The van der Waals surface area contributed by atoms with Crippen LogP contribution in [0.1, 0.15) is 0 Å². The average Bonchev–Trinajstić information content (AvgIpc) is 2.81. The number of aliphatic imine (C=N–C) groups is 1. The van der Waals surface area contributed by atoms with Gasteiger partial charge in [-0.2, -0.15) is 4.98 Å². The number of para-hydroxylation sites is 1. The zero-order chi connectivity index (χ0) is 22.3. The molecule has 4 rings (SSSR count). The van der Waals surface area contributed by atoms with E-state index in [0.717, 1.165) is 11.9 Å². The Morgan fingerprint density at radius 3 is 2.75 bits per heavy atom. The number of nitrogens with one attached hydrogen (secondary N) is 2. The molecule has 0 spiro atoms. The molecule has 10 heteroatoms. The molecular weight excluding hydrogens is 415 g/mol. The molecule has 32 heavy (non-hydrogen) atoms. The zero-order valence-electron chi connectivity index (χ0n) is 17.0. The highest BCUT2D eigenvalue weighted by atomic mass is 19.1. The van der Waals surface area contributed by atoms with E-state index in [-0.39, 0.29) is 17.5 Å². The molecule has 164 valence electrons. The summed E-state index contributed by atoms with van der Waals surface area (Å²) in [5.41, 5.74) is 2.40. The van der Waals surface area contributed by atoms with E-state index in [1.807, 2.05) is 12.1 Å². The number of aromatic hydroxyl groups is 1. The summed E-state index contributed by atoms with van der Waals surface area (Å²) in [7, 11) is 0. The predicted octanol–water partition coefficient (Wildman–Crippen LogP) is 3.55. The SMILES string of the molecule is O=CC=Nc1c(Nc2ncc(F)c(Nc3cccc(O)c3)n2)cccc1N1CCOCC1. The number of ether oxygens (including phenoxy) is 1. The van der Waals surface area contributed by atoms with Crippen molar-refractivity contribution in [2.45, 2.75) is 0 Å². The third-order valence-corrected chi connectivity index (χ3v) is 4.73. The summed E-state index contributed by atoms with van der Waals surface area (Å²) in [5.74, 6) is -0.535. The molecule has 0 saturated carbocycles. The number of morpholine rings is 1. The molecule has 2 aromatic carbocycles. The Morgan fingerprint density at radius 2 is 1.97 bits per heavy atom. The van der Waals surface area contributed by atoms with E-state index in [1.54, 1.807) is 18.2 Å². The quantitative estimate of drug-likeness (QED) is 0.381. The van der Waals surface area contributed by atoms with E-state index >= 15 is 0 Å². The Kier molecular flexibility index (Phi) is 6.52. The Morgan fingerprint density at radius 1 is 1.16 bits per heavy atom. The molecule has 3 N–H and O–H groups in total. The van der Waals surface area contributed by atoms with E-state index in [0.29, 0.717) is 49.7 Å². The molecular formula is C22H21FN6O3. The van der Waals surface area contributed by atoms with Gasteiger partial charge in [0.05, 0.1) is 37.0 Å². The molecule has 9 nitrogen and oxygen atoms in total. The number of halogens is 1. The number of rotatable bonds is 7. The van der Waals surface area contributed by atoms with Crippen molar-refractivity contribution in [1.29, 1.82) is 0 Å². The van der Waals surface area contributed by atoms with Gasteiger partial charge < -0.3 is 25.4 Å². The van der Waals surface area contributed by atoms with Gasteiger partial charge >= 0.3 is 0 Å². The maximum Gasteiger partial charge on any atom is 0.229 e. The second-order valence-corrected chi connectivity index (χ2v) is 6.88. The van der Waals surface area contributed by atoms with Gasteiger partial charge in [0.2, 0.25) is 5.95 Å².